The van der Waals surface area contributed by atoms with Gasteiger partial charge in [-0.2, -0.15) is 0 Å². The van der Waals surface area contributed by atoms with Gasteiger partial charge in [-0.05, 0) is 33.3 Å². The third-order valence-corrected chi connectivity index (χ3v) is 3.19. The van der Waals surface area contributed by atoms with Gasteiger partial charge in [-0.15, -0.1) is 12.4 Å². The number of carbonyl (C=O) groups is 1. The van der Waals surface area contributed by atoms with Gasteiger partial charge in [0, 0.05) is 11.6 Å². The van der Waals surface area contributed by atoms with Gasteiger partial charge in [-0.25, -0.2) is 0 Å². The van der Waals surface area contributed by atoms with Crippen LogP contribution in [0.4, 0.5) is 0 Å². The fourth-order valence-corrected chi connectivity index (χ4v) is 2.06. The SMILES string of the molecule is Cc1noc(C)c1CC(C)NC(=O)c1coc(CN)c1.Cl. The van der Waals surface area contributed by atoms with Crippen molar-refractivity contribution in [3.8, 4) is 0 Å². The quantitative estimate of drug-likeness (QED) is 0.881. The summed E-state index contributed by atoms with van der Waals surface area (Å²) in [6.07, 6.45) is 2.09. The lowest BCUT2D eigenvalue weighted by molar-refractivity contribution is 0.0939. The van der Waals surface area contributed by atoms with Crippen molar-refractivity contribution >= 4 is 18.3 Å². The molecule has 0 saturated heterocycles. The number of aromatic nitrogens is 1. The summed E-state index contributed by atoms with van der Waals surface area (Å²) in [4.78, 5) is 12.0. The number of nitrogens with one attached hydrogen (secondary N) is 1. The predicted molar refractivity (Wildman–Crippen MR) is 80.5 cm³/mol. The van der Waals surface area contributed by atoms with Gasteiger partial charge < -0.3 is 20.0 Å². The van der Waals surface area contributed by atoms with Crippen molar-refractivity contribution in [3.05, 3.63) is 40.7 Å². The molecular formula is C14H20ClN3O3. The molecule has 1 atom stereocenters. The maximum absolute atomic E-state index is 12.0. The van der Waals surface area contributed by atoms with Gasteiger partial charge >= 0.3 is 0 Å². The van der Waals surface area contributed by atoms with Crippen LogP contribution >= 0.6 is 12.4 Å². The molecule has 0 fully saturated rings. The maximum Gasteiger partial charge on any atom is 0.254 e. The number of aryl methyl sites for hydroxylation is 2. The number of carbonyl (C=O) groups excluding carboxylic acids is 1. The van der Waals surface area contributed by atoms with Crippen LogP contribution in [0.25, 0.3) is 0 Å². The third kappa shape index (κ3) is 4.09. The van der Waals surface area contributed by atoms with Crippen molar-refractivity contribution < 1.29 is 13.7 Å². The molecule has 0 spiro atoms. The van der Waals surface area contributed by atoms with E-state index < -0.39 is 0 Å². The Morgan fingerprint density at radius 3 is 2.71 bits per heavy atom. The van der Waals surface area contributed by atoms with Crippen molar-refractivity contribution in [2.45, 2.75) is 39.8 Å². The van der Waals surface area contributed by atoms with E-state index in [1.54, 1.807) is 6.07 Å². The van der Waals surface area contributed by atoms with Crippen LogP contribution in [0.3, 0.4) is 0 Å². The molecule has 1 unspecified atom stereocenters. The van der Waals surface area contributed by atoms with Crippen LogP contribution in [0.5, 0.6) is 0 Å². The molecule has 0 aliphatic rings. The Morgan fingerprint density at radius 2 is 2.19 bits per heavy atom. The molecule has 116 valence electrons. The van der Waals surface area contributed by atoms with E-state index in [1.807, 2.05) is 20.8 Å². The third-order valence-electron chi connectivity index (χ3n) is 3.19. The van der Waals surface area contributed by atoms with Gasteiger partial charge in [0.05, 0.1) is 17.8 Å². The zero-order valence-electron chi connectivity index (χ0n) is 12.3. The average molecular weight is 314 g/mol. The highest BCUT2D eigenvalue weighted by atomic mass is 35.5. The summed E-state index contributed by atoms with van der Waals surface area (Å²) in [6.45, 7) is 5.98. The van der Waals surface area contributed by atoms with Crippen molar-refractivity contribution in [2.75, 3.05) is 0 Å². The lowest BCUT2D eigenvalue weighted by atomic mass is 10.1. The van der Waals surface area contributed by atoms with E-state index in [9.17, 15) is 4.79 Å². The van der Waals surface area contributed by atoms with Crippen molar-refractivity contribution in [1.29, 1.82) is 0 Å². The minimum atomic E-state index is -0.173. The van der Waals surface area contributed by atoms with Crippen LogP contribution in [-0.2, 0) is 13.0 Å². The molecule has 0 saturated carbocycles. The number of hydrogen-bond acceptors (Lipinski definition) is 5. The number of furan rings is 1. The summed E-state index contributed by atoms with van der Waals surface area (Å²) in [7, 11) is 0. The monoisotopic (exact) mass is 313 g/mol. The standard InChI is InChI=1S/C14H19N3O3.ClH/c1-8(4-13-9(2)17-20-10(13)3)16-14(18)11-5-12(6-15)19-7-11;/h5,7-8H,4,6,15H2,1-3H3,(H,16,18);1H. The Morgan fingerprint density at radius 1 is 1.48 bits per heavy atom. The fourth-order valence-electron chi connectivity index (χ4n) is 2.06. The molecule has 2 aromatic heterocycles. The minimum Gasteiger partial charge on any atom is -0.467 e. The Labute approximate surface area is 129 Å². The molecule has 1 amide bonds. The van der Waals surface area contributed by atoms with Crippen LogP contribution in [0.1, 0.15) is 40.1 Å². The van der Waals surface area contributed by atoms with Crippen molar-refractivity contribution in [1.82, 2.24) is 10.5 Å². The molecule has 0 aromatic carbocycles. The molecule has 6 nitrogen and oxygen atoms in total. The molecule has 21 heavy (non-hydrogen) atoms. The summed E-state index contributed by atoms with van der Waals surface area (Å²) >= 11 is 0. The summed E-state index contributed by atoms with van der Waals surface area (Å²) in [5, 5.41) is 6.82. The first-order valence-electron chi connectivity index (χ1n) is 6.51. The number of halogens is 1. The van der Waals surface area contributed by atoms with E-state index in [1.165, 1.54) is 6.26 Å². The Hall–Kier alpha value is -1.79. The van der Waals surface area contributed by atoms with Gasteiger partial charge in [0.2, 0.25) is 0 Å². The van der Waals surface area contributed by atoms with Crippen LogP contribution in [0, 0.1) is 13.8 Å². The fraction of sp³-hybridized carbons (Fsp3) is 0.429. The molecule has 7 heteroatoms. The van der Waals surface area contributed by atoms with Gasteiger partial charge in [-0.1, -0.05) is 5.16 Å². The van der Waals surface area contributed by atoms with Crippen LogP contribution in [0.15, 0.2) is 21.3 Å². The van der Waals surface area contributed by atoms with Gasteiger partial charge in [0.25, 0.3) is 5.91 Å². The first-order valence-corrected chi connectivity index (χ1v) is 6.51. The molecule has 2 heterocycles. The number of nitrogens with two attached hydrogens (primary N) is 1. The first kappa shape index (κ1) is 17.3. The normalized spacial score (nSPS) is 11.8. The van der Waals surface area contributed by atoms with Gasteiger partial charge in [0.1, 0.15) is 17.8 Å². The molecule has 0 aliphatic carbocycles. The Bertz CT molecular complexity index is 587. The smallest absolute Gasteiger partial charge is 0.254 e. The highest BCUT2D eigenvalue weighted by Crippen LogP contribution is 2.15. The number of amides is 1. The molecule has 2 rings (SSSR count). The van der Waals surface area contributed by atoms with Crippen molar-refractivity contribution in [3.63, 3.8) is 0 Å². The Balaban J connectivity index is 0.00000220. The van der Waals surface area contributed by atoms with E-state index >= 15 is 0 Å². The molecule has 0 bridgehead atoms. The van der Waals surface area contributed by atoms with Crippen LogP contribution in [0.2, 0.25) is 0 Å². The van der Waals surface area contributed by atoms with E-state index in [0.29, 0.717) is 17.7 Å². The number of rotatable bonds is 5. The number of nitrogens with zero attached hydrogens (tertiary/aromatic N) is 1. The van der Waals surface area contributed by atoms with Gasteiger partial charge in [-0.3, -0.25) is 4.79 Å². The Kier molecular flexibility index (Phi) is 5.99. The maximum atomic E-state index is 12.0. The minimum absolute atomic E-state index is 0. The summed E-state index contributed by atoms with van der Waals surface area (Å²) in [5.74, 6) is 1.21. The van der Waals surface area contributed by atoms with Crippen LogP contribution < -0.4 is 11.1 Å². The van der Waals surface area contributed by atoms with Crippen LogP contribution in [-0.4, -0.2) is 17.1 Å². The van der Waals surface area contributed by atoms with E-state index in [-0.39, 0.29) is 30.9 Å². The molecule has 0 aliphatic heterocycles. The zero-order valence-corrected chi connectivity index (χ0v) is 13.1. The predicted octanol–water partition coefficient (Wildman–Crippen LogP) is 2.13. The zero-order chi connectivity index (χ0) is 14.7. The average Bonchev–Trinajstić information content (AvgIpc) is 3.00. The highest BCUT2D eigenvalue weighted by molar-refractivity contribution is 5.94. The first-order chi connectivity index (χ1) is 9.51. The van der Waals surface area contributed by atoms with E-state index in [0.717, 1.165) is 17.0 Å². The summed E-state index contributed by atoms with van der Waals surface area (Å²) in [5.41, 5.74) is 7.82. The topological polar surface area (TPSA) is 94.3 Å². The second-order valence-electron chi connectivity index (χ2n) is 4.89. The summed E-state index contributed by atoms with van der Waals surface area (Å²) in [6, 6.07) is 1.62. The van der Waals surface area contributed by atoms with Gasteiger partial charge in [0.15, 0.2) is 0 Å². The van der Waals surface area contributed by atoms with E-state index in [4.69, 9.17) is 14.7 Å². The largest absolute Gasteiger partial charge is 0.467 e. The lowest BCUT2D eigenvalue weighted by Crippen LogP contribution is -2.34. The second kappa shape index (κ2) is 7.28. The highest BCUT2D eigenvalue weighted by Gasteiger charge is 2.16. The lowest BCUT2D eigenvalue weighted by Gasteiger charge is -2.12. The summed E-state index contributed by atoms with van der Waals surface area (Å²) < 4.78 is 10.3. The van der Waals surface area contributed by atoms with Crippen molar-refractivity contribution in [2.24, 2.45) is 5.73 Å². The number of hydrogen-bond donors (Lipinski definition) is 2. The molecule has 2 aromatic rings. The second-order valence-corrected chi connectivity index (χ2v) is 4.89. The molecule has 0 radical (unpaired) electrons. The van der Waals surface area contributed by atoms with E-state index in [2.05, 4.69) is 10.5 Å². The molecular weight excluding hydrogens is 294 g/mol. The molecule has 3 N–H and O–H groups in total.